The smallest absolute Gasteiger partial charge is 0.296 e. The number of thiazole rings is 1. The highest BCUT2D eigenvalue weighted by molar-refractivity contribution is 7.15. The molecule has 0 aliphatic rings. The Kier molecular flexibility index (Phi) is 4.02. The van der Waals surface area contributed by atoms with E-state index in [0.29, 0.717) is 16.6 Å². The quantitative estimate of drug-likeness (QED) is 0.668. The van der Waals surface area contributed by atoms with Gasteiger partial charge in [-0.1, -0.05) is 13.8 Å². The molecule has 0 saturated carbocycles. The summed E-state index contributed by atoms with van der Waals surface area (Å²) in [6.45, 7) is 5.76. The Balaban J connectivity index is 1.97. The topological polar surface area (TPSA) is 121 Å². The van der Waals surface area contributed by atoms with Crippen molar-refractivity contribution in [3.05, 3.63) is 49.2 Å². The van der Waals surface area contributed by atoms with Crippen LogP contribution in [-0.4, -0.2) is 25.8 Å². The van der Waals surface area contributed by atoms with Crippen molar-refractivity contribution < 1.29 is 4.79 Å². The fourth-order valence-electron chi connectivity index (χ4n) is 2.24. The molecule has 0 aliphatic carbocycles. The van der Waals surface area contributed by atoms with Gasteiger partial charge in [0.1, 0.15) is 11.3 Å². The molecule has 0 saturated heterocycles. The molecule has 0 aliphatic heterocycles. The van der Waals surface area contributed by atoms with Gasteiger partial charge < -0.3 is 0 Å². The maximum Gasteiger partial charge on any atom is 0.327 e. The van der Waals surface area contributed by atoms with Crippen LogP contribution >= 0.6 is 11.3 Å². The van der Waals surface area contributed by atoms with Crippen molar-refractivity contribution in [3.8, 4) is 0 Å². The first-order chi connectivity index (χ1) is 11.3. The molecule has 0 aromatic carbocycles. The number of fused-ring (bicyclic) bond motifs is 1. The number of hydrogen-bond donors (Lipinski definition) is 3. The van der Waals surface area contributed by atoms with E-state index in [0.717, 1.165) is 4.88 Å². The number of pyridine rings is 1. The molecule has 3 N–H and O–H groups in total. The third-order valence-electron chi connectivity index (χ3n) is 3.45. The minimum atomic E-state index is -0.668. The zero-order valence-corrected chi connectivity index (χ0v) is 14.1. The fraction of sp³-hybridized carbons (Fsp3) is 0.267. The van der Waals surface area contributed by atoms with Crippen molar-refractivity contribution in [2.45, 2.75) is 26.7 Å². The number of aromatic nitrogens is 4. The Hall–Kier alpha value is -2.81. The van der Waals surface area contributed by atoms with Gasteiger partial charge in [-0.2, -0.15) is 0 Å². The van der Waals surface area contributed by atoms with Crippen molar-refractivity contribution in [2.75, 3.05) is 5.32 Å². The van der Waals surface area contributed by atoms with E-state index in [9.17, 15) is 14.4 Å². The first-order valence-corrected chi connectivity index (χ1v) is 8.08. The summed E-state index contributed by atoms with van der Waals surface area (Å²) >= 11 is 1.39. The second kappa shape index (κ2) is 6.00. The van der Waals surface area contributed by atoms with E-state index in [1.54, 1.807) is 13.1 Å². The number of H-pyrrole nitrogens is 2. The number of hydrogen-bond acceptors (Lipinski definition) is 6. The van der Waals surface area contributed by atoms with Crippen LogP contribution in [0.25, 0.3) is 11.0 Å². The maximum atomic E-state index is 12.4. The lowest BCUT2D eigenvalue weighted by atomic mass is 10.1. The average Bonchev–Trinajstić information content (AvgIpc) is 2.94. The van der Waals surface area contributed by atoms with E-state index < -0.39 is 17.2 Å². The van der Waals surface area contributed by atoms with E-state index in [1.165, 1.54) is 17.4 Å². The zero-order chi connectivity index (χ0) is 17.4. The van der Waals surface area contributed by atoms with E-state index in [2.05, 4.69) is 25.3 Å². The third kappa shape index (κ3) is 2.98. The number of aromatic amines is 2. The predicted octanol–water partition coefficient (Wildman–Crippen LogP) is 1.75. The van der Waals surface area contributed by atoms with Gasteiger partial charge in [0.15, 0.2) is 5.13 Å². The minimum Gasteiger partial charge on any atom is -0.296 e. The van der Waals surface area contributed by atoms with Crippen LogP contribution in [0.2, 0.25) is 0 Å². The third-order valence-corrected chi connectivity index (χ3v) is 4.66. The van der Waals surface area contributed by atoms with Crippen LogP contribution < -0.4 is 16.6 Å². The standard InChI is InChI=1S/C15H15N5O3S/c1-6(2)9-5-16-15(24-9)20-12(21)8-4-7(3)10-11(17-8)18-14(23)19-13(10)22/h4-6H,1-3H3,(H,16,20,21)(H2,17,18,19,22,23). The Bertz CT molecular complexity index is 1050. The zero-order valence-electron chi connectivity index (χ0n) is 13.3. The molecule has 0 fully saturated rings. The first-order valence-electron chi connectivity index (χ1n) is 7.26. The van der Waals surface area contributed by atoms with E-state index in [-0.39, 0.29) is 16.7 Å². The maximum absolute atomic E-state index is 12.4. The van der Waals surface area contributed by atoms with Gasteiger partial charge in [-0.15, -0.1) is 11.3 Å². The monoisotopic (exact) mass is 345 g/mol. The Morgan fingerprint density at radius 2 is 2.04 bits per heavy atom. The van der Waals surface area contributed by atoms with Crippen molar-refractivity contribution >= 4 is 33.4 Å². The average molecular weight is 345 g/mol. The van der Waals surface area contributed by atoms with Crippen molar-refractivity contribution in [1.82, 2.24) is 19.9 Å². The number of rotatable bonds is 3. The molecular weight excluding hydrogens is 330 g/mol. The van der Waals surface area contributed by atoms with Crippen molar-refractivity contribution in [2.24, 2.45) is 0 Å². The highest BCUT2D eigenvalue weighted by Crippen LogP contribution is 2.25. The van der Waals surface area contributed by atoms with E-state index in [4.69, 9.17) is 0 Å². The molecule has 9 heteroatoms. The van der Waals surface area contributed by atoms with Gasteiger partial charge in [0.25, 0.3) is 11.5 Å². The molecule has 3 aromatic heterocycles. The summed E-state index contributed by atoms with van der Waals surface area (Å²) in [6.07, 6.45) is 1.72. The summed E-state index contributed by atoms with van der Waals surface area (Å²) in [5.41, 5.74) is -0.478. The summed E-state index contributed by atoms with van der Waals surface area (Å²) in [7, 11) is 0. The molecule has 8 nitrogen and oxygen atoms in total. The Labute approximate surface area is 140 Å². The van der Waals surface area contributed by atoms with Gasteiger partial charge >= 0.3 is 5.69 Å². The molecule has 0 bridgehead atoms. The summed E-state index contributed by atoms with van der Waals surface area (Å²) < 4.78 is 0. The predicted molar refractivity (Wildman–Crippen MR) is 91.9 cm³/mol. The Morgan fingerprint density at radius 3 is 2.71 bits per heavy atom. The van der Waals surface area contributed by atoms with Gasteiger partial charge in [0.05, 0.1) is 5.39 Å². The second-order valence-corrected chi connectivity index (χ2v) is 6.70. The number of amides is 1. The highest BCUT2D eigenvalue weighted by Gasteiger charge is 2.15. The largest absolute Gasteiger partial charge is 0.327 e. The molecule has 1 amide bonds. The fourth-order valence-corrected chi connectivity index (χ4v) is 3.06. The molecule has 0 spiro atoms. The molecule has 124 valence electrons. The molecule has 24 heavy (non-hydrogen) atoms. The van der Waals surface area contributed by atoms with Crippen LogP contribution in [0.4, 0.5) is 5.13 Å². The minimum absolute atomic E-state index is 0.0795. The summed E-state index contributed by atoms with van der Waals surface area (Å²) in [6, 6.07) is 1.50. The number of carbonyl (C=O) groups excluding carboxylic acids is 1. The molecule has 0 unspecified atom stereocenters. The summed E-state index contributed by atoms with van der Waals surface area (Å²) in [5.74, 6) is -0.128. The molecule has 3 heterocycles. The van der Waals surface area contributed by atoms with E-state index in [1.807, 2.05) is 13.8 Å². The van der Waals surface area contributed by atoms with Crippen LogP contribution in [-0.2, 0) is 0 Å². The van der Waals surface area contributed by atoms with Crippen molar-refractivity contribution in [1.29, 1.82) is 0 Å². The SMILES string of the molecule is Cc1cc(C(=O)Nc2ncc(C(C)C)s2)nc2[nH]c(=O)[nH]c(=O)c12. The number of aryl methyl sites for hydroxylation is 1. The lowest BCUT2D eigenvalue weighted by Crippen LogP contribution is -2.24. The molecule has 0 radical (unpaired) electrons. The lowest BCUT2D eigenvalue weighted by Gasteiger charge is -2.05. The molecule has 3 aromatic rings. The highest BCUT2D eigenvalue weighted by atomic mass is 32.1. The van der Waals surface area contributed by atoms with Gasteiger partial charge in [0, 0.05) is 11.1 Å². The molecule has 0 atom stereocenters. The number of nitrogens with zero attached hydrogens (tertiary/aromatic N) is 2. The number of carbonyl (C=O) groups is 1. The normalized spacial score (nSPS) is 11.2. The van der Waals surface area contributed by atoms with Gasteiger partial charge in [-0.05, 0) is 24.5 Å². The van der Waals surface area contributed by atoms with Gasteiger partial charge in [-0.3, -0.25) is 24.9 Å². The van der Waals surface area contributed by atoms with Crippen LogP contribution in [0, 0.1) is 6.92 Å². The van der Waals surface area contributed by atoms with Crippen LogP contribution in [0.5, 0.6) is 0 Å². The Morgan fingerprint density at radius 1 is 1.29 bits per heavy atom. The van der Waals surface area contributed by atoms with Crippen LogP contribution in [0.1, 0.15) is 40.7 Å². The van der Waals surface area contributed by atoms with Crippen LogP contribution in [0.3, 0.4) is 0 Å². The van der Waals surface area contributed by atoms with Gasteiger partial charge in [0.2, 0.25) is 0 Å². The lowest BCUT2D eigenvalue weighted by molar-refractivity contribution is 0.102. The van der Waals surface area contributed by atoms with Crippen LogP contribution in [0.15, 0.2) is 21.9 Å². The summed E-state index contributed by atoms with van der Waals surface area (Å²) in [4.78, 5) is 49.5. The molecular formula is C15H15N5O3S. The van der Waals surface area contributed by atoms with Gasteiger partial charge in [-0.25, -0.2) is 14.8 Å². The number of anilines is 1. The van der Waals surface area contributed by atoms with Crippen molar-refractivity contribution in [3.63, 3.8) is 0 Å². The summed E-state index contributed by atoms with van der Waals surface area (Å²) in [5, 5.41) is 3.41. The number of nitrogens with one attached hydrogen (secondary N) is 3. The first kappa shape index (κ1) is 16.1. The second-order valence-electron chi connectivity index (χ2n) is 5.63. The molecule has 3 rings (SSSR count). The van der Waals surface area contributed by atoms with E-state index >= 15 is 0 Å².